The highest BCUT2D eigenvalue weighted by Gasteiger charge is 2.29. The fraction of sp³-hybridized carbons (Fsp3) is 0.409. The van der Waals surface area contributed by atoms with Crippen molar-refractivity contribution in [2.75, 3.05) is 52.1 Å². The lowest BCUT2D eigenvalue weighted by molar-refractivity contribution is 0.164. The fourth-order valence-corrected chi connectivity index (χ4v) is 4.80. The molecule has 0 bridgehead atoms. The third kappa shape index (κ3) is 4.87. The number of carbonyl (C=O) groups excluding carboxylic acids is 1. The van der Waals surface area contributed by atoms with E-state index in [1.54, 1.807) is 6.07 Å². The number of halogens is 3. The van der Waals surface area contributed by atoms with Crippen molar-refractivity contribution in [3.8, 4) is 0 Å². The molecular formula is C22H27Cl3N4O. The summed E-state index contributed by atoms with van der Waals surface area (Å²) in [5, 5.41) is 4.49. The second-order valence-corrected chi connectivity index (χ2v) is 8.86. The summed E-state index contributed by atoms with van der Waals surface area (Å²) in [4.78, 5) is 19.2. The Morgan fingerprint density at radius 1 is 1.00 bits per heavy atom. The van der Waals surface area contributed by atoms with Gasteiger partial charge in [0.25, 0.3) is 0 Å². The number of nitrogens with zero attached hydrogens (tertiary/aromatic N) is 3. The first-order valence-electron chi connectivity index (χ1n) is 9.92. The highest BCUT2D eigenvalue weighted by atomic mass is 35.5. The van der Waals surface area contributed by atoms with Crippen molar-refractivity contribution >= 4 is 47.3 Å². The normalized spacial score (nSPS) is 19.7. The van der Waals surface area contributed by atoms with Crippen molar-refractivity contribution in [3.63, 3.8) is 0 Å². The van der Waals surface area contributed by atoms with Gasteiger partial charge in [-0.05, 0) is 49.0 Å². The van der Waals surface area contributed by atoms with Gasteiger partial charge in [0.05, 0.1) is 0 Å². The van der Waals surface area contributed by atoms with Gasteiger partial charge in [0.2, 0.25) is 0 Å². The second kappa shape index (κ2) is 9.75. The van der Waals surface area contributed by atoms with E-state index in [-0.39, 0.29) is 24.4 Å². The van der Waals surface area contributed by atoms with Crippen LogP contribution in [0.1, 0.15) is 22.6 Å². The molecule has 8 heteroatoms. The Hall–Kier alpha value is -1.50. The summed E-state index contributed by atoms with van der Waals surface area (Å²) in [5.74, 6) is 0.0870. The first-order chi connectivity index (χ1) is 13.9. The Morgan fingerprint density at radius 2 is 1.70 bits per heavy atom. The van der Waals surface area contributed by atoms with E-state index < -0.39 is 0 Å². The van der Waals surface area contributed by atoms with Gasteiger partial charge < -0.3 is 20.0 Å². The van der Waals surface area contributed by atoms with Gasteiger partial charge in [-0.1, -0.05) is 41.4 Å². The van der Waals surface area contributed by atoms with Crippen LogP contribution in [0.3, 0.4) is 0 Å². The van der Waals surface area contributed by atoms with Crippen LogP contribution in [0.25, 0.3) is 0 Å². The molecular weight excluding hydrogens is 443 g/mol. The summed E-state index contributed by atoms with van der Waals surface area (Å²) in [6.45, 7) is 4.90. The number of benzene rings is 2. The molecule has 5 nitrogen and oxygen atoms in total. The summed E-state index contributed by atoms with van der Waals surface area (Å²) in [7, 11) is 4.17. The fourth-order valence-electron chi connectivity index (χ4n) is 4.23. The molecule has 2 aromatic rings. The van der Waals surface area contributed by atoms with Crippen molar-refractivity contribution < 1.29 is 4.79 Å². The average Bonchev–Trinajstić information content (AvgIpc) is 2.69. The molecule has 30 heavy (non-hydrogen) atoms. The van der Waals surface area contributed by atoms with Crippen LogP contribution in [0.4, 0.5) is 10.5 Å². The number of rotatable bonds is 2. The van der Waals surface area contributed by atoms with Gasteiger partial charge in [-0.15, -0.1) is 12.4 Å². The molecule has 2 aromatic carbocycles. The zero-order valence-corrected chi connectivity index (χ0v) is 19.5. The summed E-state index contributed by atoms with van der Waals surface area (Å²) in [6, 6.07) is 11.8. The minimum absolute atomic E-state index is 0. The number of carbonyl (C=O) groups is 1. The maximum atomic E-state index is 12.9. The Labute approximate surface area is 194 Å². The number of hydrogen-bond donors (Lipinski definition) is 1. The van der Waals surface area contributed by atoms with Gasteiger partial charge in [0.1, 0.15) is 0 Å². The van der Waals surface area contributed by atoms with E-state index in [0.717, 1.165) is 61.6 Å². The molecule has 0 aromatic heterocycles. The largest absolute Gasteiger partial charge is 0.322 e. The number of fused-ring (bicyclic) bond motifs is 1. The number of amides is 2. The van der Waals surface area contributed by atoms with E-state index in [0.29, 0.717) is 10.0 Å². The van der Waals surface area contributed by atoms with E-state index in [1.807, 2.05) is 29.2 Å². The molecule has 2 aliphatic rings. The predicted molar refractivity (Wildman–Crippen MR) is 126 cm³/mol. The van der Waals surface area contributed by atoms with Crippen LogP contribution in [-0.2, 0) is 6.54 Å². The number of para-hydroxylation sites is 1. The monoisotopic (exact) mass is 468 g/mol. The van der Waals surface area contributed by atoms with Gasteiger partial charge in [-0.25, -0.2) is 4.79 Å². The van der Waals surface area contributed by atoms with Crippen LogP contribution in [0, 0.1) is 0 Å². The number of piperazine rings is 1. The zero-order valence-electron chi connectivity index (χ0n) is 17.2. The molecule has 1 fully saturated rings. The molecule has 2 heterocycles. The third-order valence-corrected chi connectivity index (χ3v) is 6.42. The van der Waals surface area contributed by atoms with E-state index >= 15 is 0 Å². The average molecular weight is 470 g/mol. The van der Waals surface area contributed by atoms with Crippen LogP contribution in [0.2, 0.25) is 10.0 Å². The first-order valence-corrected chi connectivity index (χ1v) is 10.7. The third-order valence-electron chi connectivity index (χ3n) is 5.86. The molecule has 1 atom stereocenters. The summed E-state index contributed by atoms with van der Waals surface area (Å²) in [5.41, 5.74) is 4.18. The molecule has 4 rings (SSSR count). The van der Waals surface area contributed by atoms with Crippen LogP contribution in [0.5, 0.6) is 0 Å². The van der Waals surface area contributed by atoms with Crippen LogP contribution in [-0.4, -0.2) is 67.5 Å². The molecule has 1 unspecified atom stereocenters. The molecule has 0 saturated carbocycles. The van der Waals surface area contributed by atoms with Crippen LogP contribution in [0.15, 0.2) is 36.4 Å². The molecule has 0 aliphatic carbocycles. The van der Waals surface area contributed by atoms with E-state index in [4.69, 9.17) is 23.2 Å². The van der Waals surface area contributed by atoms with E-state index in [1.165, 1.54) is 0 Å². The highest BCUT2D eigenvalue weighted by Crippen LogP contribution is 2.40. The number of hydrogen-bond acceptors (Lipinski definition) is 3. The Kier molecular flexibility index (Phi) is 7.53. The molecule has 2 amide bonds. The van der Waals surface area contributed by atoms with E-state index in [2.05, 4.69) is 35.3 Å². The van der Waals surface area contributed by atoms with Crippen molar-refractivity contribution in [2.24, 2.45) is 0 Å². The summed E-state index contributed by atoms with van der Waals surface area (Å²) < 4.78 is 0. The molecule has 1 saturated heterocycles. The predicted octanol–water partition coefficient (Wildman–Crippen LogP) is 4.77. The SMILES string of the molecule is CN1CCN(C(=O)Nc2ccccc2C2CN(C)Cc3c(Cl)cc(Cl)cc32)CC1.Cl. The molecule has 0 radical (unpaired) electrons. The highest BCUT2D eigenvalue weighted by molar-refractivity contribution is 6.35. The molecule has 162 valence electrons. The minimum atomic E-state index is -0.0425. The standard InChI is InChI=1S/C22H26Cl2N4O.ClH/c1-26-7-9-28(10-8-26)22(29)25-21-6-4-3-5-16(21)18-13-27(2)14-19-17(18)11-15(23)12-20(19)24;/h3-6,11-12,18H,7-10,13-14H2,1-2H3,(H,25,29);1H. The number of nitrogens with one attached hydrogen (secondary N) is 1. The topological polar surface area (TPSA) is 38.8 Å². The lowest BCUT2D eigenvalue weighted by atomic mass is 9.84. The van der Waals surface area contributed by atoms with Gasteiger partial charge >= 0.3 is 6.03 Å². The van der Waals surface area contributed by atoms with Crippen molar-refractivity contribution in [1.82, 2.24) is 14.7 Å². The van der Waals surface area contributed by atoms with E-state index in [9.17, 15) is 4.79 Å². The Bertz CT molecular complexity index is 915. The summed E-state index contributed by atoms with van der Waals surface area (Å²) >= 11 is 12.8. The van der Waals surface area contributed by atoms with Gasteiger partial charge in [-0.3, -0.25) is 0 Å². The van der Waals surface area contributed by atoms with Gasteiger partial charge in [0, 0.05) is 60.9 Å². The molecule has 2 aliphatic heterocycles. The minimum Gasteiger partial charge on any atom is -0.322 e. The smallest absolute Gasteiger partial charge is 0.321 e. The van der Waals surface area contributed by atoms with Crippen molar-refractivity contribution in [2.45, 2.75) is 12.5 Å². The zero-order chi connectivity index (χ0) is 20.5. The Morgan fingerprint density at radius 3 is 2.43 bits per heavy atom. The molecule has 1 N–H and O–H groups in total. The van der Waals surface area contributed by atoms with Crippen LogP contribution >= 0.6 is 35.6 Å². The van der Waals surface area contributed by atoms with Crippen LogP contribution < -0.4 is 5.32 Å². The maximum Gasteiger partial charge on any atom is 0.321 e. The Balaban J connectivity index is 0.00000256. The van der Waals surface area contributed by atoms with Crippen molar-refractivity contribution in [3.05, 3.63) is 63.1 Å². The quantitative estimate of drug-likeness (QED) is 0.688. The second-order valence-electron chi connectivity index (χ2n) is 8.01. The number of urea groups is 1. The van der Waals surface area contributed by atoms with Crippen molar-refractivity contribution in [1.29, 1.82) is 0 Å². The lowest BCUT2D eigenvalue weighted by Gasteiger charge is -2.35. The maximum absolute atomic E-state index is 12.9. The first kappa shape index (κ1) is 23.2. The van der Waals surface area contributed by atoms with Gasteiger partial charge in [-0.2, -0.15) is 0 Å². The summed E-state index contributed by atoms with van der Waals surface area (Å²) in [6.07, 6.45) is 0. The number of likely N-dealkylation sites (N-methyl/N-ethyl adjacent to an activating group) is 2. The molecule has 0 spiro atoms. The number of anilines is 1. The lowest BCUT2D eigenvalue weighted by Crippen LogP contribution is -2.48. The van der Waals surface area contributed by atoms with Gasteiger partial charge in [0.15, 0.2) is 0 Å².